The summed E-state index contributed by atoms with van der Waals surface area (Å²) in [5.41, 5.74) is 8.43. The number of nitrogens with one attached hydrogen (secondary N) is 1. The summed E-state index contributed by atoms with van der Waals surface area (Å²) in [6.07, 6.45) is 0.802. The van der Waals surface area contributed by atoms with Gasteiger partial charge < -0.3 is 11.1 Å². The molecule has 0 fully saturated rings. The molecule has 2 aromatic rings. The van der Waals surface area contributed by atoms with Crippen molar-refractivity contribution < 1.29 is 4.79 Å². The molecule has 0 spiro atoms. The molecule has 1 atom stereocenters. The Morgan fingerprint density at radius 1 is 1.09 bits per heavy atom. The molecule has 0 aliphatic heterocycles. The highest BCUT2D eigenvalue weighted by molar-refractivity contribution is 5.87. The average molecular weight is 319 g/mol. The van der Waals surface area contributed by atoms with Crippen LogP contribution in [0.25, 0.3) is 0 Å². The fourth-order valence-electron chi connectivity index (χ4n) is 2.17. The summed E-state index contributed by atoms with van der Waals surface area (Å²) < 4.78 is 0. The molecule has 2 aromatic carbocycles. The number of carbonyl (C=O) groups excluding carboxylic acids is 1. The van der Waals surface area contributed by atoms with Gasteiger partial charge in [-0.2, -0.15) is 0 Å². The summed E-state index contributed by atoms with van der Waals surface area (Å²) in [7, 11) is 0. The molecule has 0 aromatic heterocycles. The van der Waals surface area contributed by atoms with Gasteiger partial charge in [-0.1, -0.05) is 60.2 Å². The predicted molar refractivity (Wildman–Crippen MR) is 93.1 cm³/mol. The third-order valence-corrected chi connectivity index (χ3v) is 3.66. The Labute approximate surface area is 138 Å². The molecule has 3 nitrogen and oxygen atoms in total. The van der Waals surface area contributed by atoms with Gasteiger partial charge in [0, 0.05) is 6.54 Å². The standard InChI is InChI=1S/C18H22N2O.ClH/c1-14-8-10-15(11-9-14)12-13-20-17(21)18(2,19)16-6-4-3-5-7-16;/h3-11H,12-13,19H2,1-2H3,(H,20,21);1H. The lowest BCUT2D eigenvalue weighted by atomic mass is 9.92. The van der Waals surface area contributed by atoms with Gasteiger partial charge in [0.1, 0.15) is 5.54 Å². The van der Waals surface area contributed by atoms with E-state index in [9.17, 15) is 4.79 Å². The number of hydrogen-bond acceptors (Lipinski definition) is 2. The van der Waals surface area contributed by atoms with Gasteiger partial charge in [-0.25, -0.2) is 0 Å². The van der Waals surface area contributed by atoms with Crippen molar-refractivity contribution >= 4 is 18.3 Å². The highest BCUT2D eigenvalue weighted by Crippen LogP contribution is 2.17. The molecule has 1 amide bonds. The van der Waals surface area contributed by atoms with Gasteiger partial charge in [0.05, 0.1) is 0 Å². The largest absolute Gasteiger partial charge is 0.354 e. The first kappa shape index (κ1) is 18.2. The van der Waals surface area contributed by atoms with E-state index >= 15 is 0 Å². The third-order valence-electron chi connectivity index (χ3n) is 3.66. The average Bonchev–Trinajstić information content (AvgIpc) is 2.50. The molecule has 0 aliphatic carbocycles. The van der Waals surface area contributed by atoms with Gasteiger partial charge in [0.25, 0.3) is 0 Å². The molecule has 0 bridgehead atoms. The van der Waals surface area contributed by atoms with Crippen LogP contribution in [0.4, 0.5) is 0 Å². The summed E-state index contributed by atoms with van der Waals surface area (Å²) in [6.45, 7) is 4.39. The number of carbonyl (C=O) groups is 1. The predicted octanol–water partition coefficient (Wildman–Crippen LogP) is 2.95. The van der Waals surface area contributed by atoms with E-state index in [0.29, 0.717) is 6.54 Å². The van der Waals surface area contributed by atoms with Crippen LogP contribution >= 0.6 is 12.4 Å². The quantitative estimate of drug-likeness (QED) is 0.890. The van der Waals surface area contributed by atoms with E-state index in [2.05, 4.69) is 36.5 Å². The minimum absolute atomic E-state index is 0. The monoisotopic (exact) mass is 318 g/mol. The van der Waals surface area contributed by atoms with Crippen molar-refractivity contribution in [1.82, 2.24) is 5.32 Å². The highest BCUT2D eigenvalue weighted by Gasteiger charge is 2.29. The van der Waals surface area contributed by atoms with E-state index in [-0.39, 0.29) is 18.3 Å². The van der Waals surface area contributed by atoms with Gasteiger partial charge in [0.15, 0.2) is 0 Å². The molecule has 0 radical (unpaired) electrons. The summed E-state index contributed by atoms with van der Waals surface area (Å²) in [5.74, 6) is -0.152. The van der Waals surface area contributed by atoms with Crippen LogP contribution in [0.2, 0.25) is 0 Å². The molecular weight excluding hydrogens is 296 g/mol. The first-order valence-corrected chi connectivity index (χ1v) is 7.18. The van der Waals surface area contributed by atoms with Crippen molar-refractivity contribution in [2.45, 2.75) is 25.8 Å². The maximum absolute atomic E-state index is 12.3. The second kappa shape index (κ2) is 7.97. The van der Waals surface area contributed by atoms with Crippen LogP contribution in [-0.4, -0.2) is 12.5 Å². The lowest BCUT2D eigenvalue weighted by Gasteiger charge is -2.24. The minimum atomic E-state index is -1.01. The molecule has 0 saturated carbocycles. The van der Waals surface area contributed by atoms with Crippen LogP contribution in [-0.2, 0) is 16.8 Å². The van der Waals surface area contributed by atoms with Gasteiger partial charge in [-0.05, 0) is 31.4 Å². The molecule has 22 heavy (non-hydrogen) atoms. The maximum atomic E-state index is 12.3. The second-order valence-electron chi connectivity index (χ2n) is 5.56. The third kappa shape index (κ3) is 4.58. The summed E-state index contributed by atoms with van der Waals surface area (Å²) in [5, 5.41) is 2.92. The number of aryl methyl sites for hydroxylation is 1. The lowest BCUT2D eigenvalue weighted by Crippen LogP contribution is -2.49. The zero-order chi connectivity index (χ0) is 15.3. The topological polar surface area (TPSA) is 55.1 Å². The number of amides is 1. The van der Waals surface area contributed by atoms with E-state index in [1.165, 1.54) is 11.1 Å². The molecule has 4 heteroatoms. The van der Waals surface area contributed by atoms with Crippen LogP contribution in [0, 0.1) is 6.92 Å². The van der Waals surface area contributed by atoms with E-state index in [4.69, 9.17) is 5.73 Å². The van der Waals surface area contributed by atoms with Crippen molar-refractivity contribution in [3.8, 4) is 0 Å². The van der Waals surface area contributed by atoms with E-state index in [0.717, 1.165) is 12.0 Å². The van der Waals surface area contributed by atoms with E-state index in [1.807, 2.05) is 30.3 Å². The smallest absolute Gasteiger partial charge is 0.244 e. The number of hydrogen-bond donors (Lipinski definition) is 2. The SMILES string of the molecule is Cc1ccc(CCNC(=O)C(C)(N)c2ccccc2)cc1.Cl. The Bertz CT molecular complexity index is 594. The fraction of sp³-hybridized carbons (Fsp3) is 0.278. The lowest BCUT2D eigenvalue weighted by molar-refractivity contribution is -0.126. The van der Waals surface area contributed by atoms with Crippen molar-refractivity contribution in [2.24, 2.45) is 5.73 Å². The van der Waals surface area contributed by atoms with Gasteiger partial charge >= 0.3 is 0 Å². The molecule has 2 rings (SSSR count). The first-order chi connectivity index (χ1) is 10.00. The van der Waals surface area contributed by atoms with Gasteiger partial charge in [0.2, 0.25) is 5.91 Å². The van der Waals surface area contributed by atoms with Crippen LogP contribution in [0.5, 0.6) is 0 Å². The minimum Gasteiger partial charge on any atom is -0.354 e. The Kier molecular flexibility index (Phi) is 6.60. The van der Waals surface area contributed by atoms with E-state index in [1.54, 1.807) is 6.92 Å². The van der Waals surface area contributed by atoms with Crippen molar-refractivity contribution in [1.29, 1.82) is 0 Å². The molecule has 0 saturated heterocycles. The van der Waals surface area contributed by atoms with Crippen LogP contribution < -0.4 is 11.1 Å². The Balaban J connectivity index is 0.00000242. The van der Waals surface area contributed by atoms with E-state index < -0.39 is 5.54 Å². The summed E-state index contributed by atoms with van der Waals surface area (Å²) in [4.78, 5) is 12.3. The van der Waals surface area contributed by atoms with Gasteiger partial charge in [-0.3, -0.25) is 4.79 Å². The summed E-state index contributed by atoms with van der Waals surface area (Å²) >= 11 is 0. The molecule has 1 unspecified atom stereocenters. The molecule has 118 valence electrons. The van der Waals surface area contributed by atoms with Crippen LogP contribution in [0.1, 0.15) is 23.6 Å². The number of rotatable bonds is 5. The first-order valence-electron chi connectivity index (χ1n) is 7.18. The fourth-order valence-corrected chi connectivity index (χ4v) is 2.17. The molecule has 3 N–H and O–H groups in total. The maximum Gasteiger partial charge on any atom is 0.244 e. The zero-order valence-electron chi connectivity index (χ0n) is 13.0. The zero-order valence-corrected chi connectivity index (χ0v) is 13.8. The number of halogens is 1. The van der Waals surface area contributed by atoms with Gasteiger partial charge in [-0.15, -0.1) is 12.4 Å². The Hall–Kier alpha value is -1.84. The summed E-state index contributed by atoms with van der Waals surface area (Å²) in [6, 6.07) is 17.8. The number of nitrogens with two attached hydrogens (primary N) is 1. The Morgan fingerprint density at radius 3 is 2.27 bits per heavy atom. The van der Waals surface area contributed by atoms with Crippen LogP contribution in [0.3, 0.4) is 0 Å². The van der Waals surface area contributed by atoms with Crippen molar-refractivity contribution in [3.63, 3.8) is 0 Å². The highest BCUT2D eigenvalue weighted by atomic mass is 35.5. The normalized spacial score (nSPS) is 12.9. The molecule has 0 aliphatic rings. The Morgan fingerprint density at radius 2 is 1.68 bits per heavy atom. The number of benzene rings is 2. The molecule has 0 heterocycles. The van der Waals surface area contributed by atoms with Crippen LogP contribution in [0.15, 0.2) is 54.6 Å². The van der Waals surface area contributed by atoms with Crippen molar-refractivity contribution in [2.75, 3.05) is 6.54 Å². The van der Waals surface area contributed by atoms with Crippen molar-refractivity contribution in [3.05, 3.63) is 71.3 Å². The second-order valence-corrected chi connectivity index (χ2v) is 5.56. The molecular formula is C18H23ClN2O.